The molecule has 1 aromatic carbocycles. The molecule has 1 rings (SSSR count). The molecule has 0 bridgehead atoms. The van der Waals surface area contributed by atoms with Crippen LogP contribution in [-0.2, 0) is 6.42 Å². The molecule has 0 atom stereocenters. The third-order valence-electron chi connectivity index (χ3n) is 3.13. The first-order valence-corrected chi connectivity index (χ1v) is 7.28. The van der Waals surface area contributed by atoms with Crippen LogP contribution in [-0.4, -0.2) is 13.2 Å². The van der Waals surface area contributed by atoms with Crippen LogP contribution in [0.1, 0.15) is 51.0 Å². The van der Waals surface area contributed by atoms with E-state index in [0.717, 1.165) is 5.75 Å². The maximum Gasteiger partial charge on any atom is 0.119 e. The number of aryl methyl sites for hydroxylation is 1. The summed E-state index contributed by atoms with van der Waals surface area (Å²) in [6, 6.07) is 8.42. The fourth-order valence-electron chi connectivity index (χ4n) is 2.04. The average Bonchev–Trinajstić information content (AvgIpc) is 2.42. The van der Waals surface area contributed by atoms with E-state index in [4.69, 9.17) is 10.5 Å². The van der Waals surface area contributed by atoms with Gasteiger partial charge in [0, 0.05) is 6.54 Å². The highest BCUT2D eigenvalue weighted by Crippen LogP contribution is 2.14. The zero-order valence-corrected chi connectivity index (χ0v) is 11.7. The normalized spacial score (nSPS) is 10.6. The van der Waals surface area contributed by atoms with Crippen molar-refractivity contribution in [1.82, 2.24) is 0 Å². The molecule has 18 heavy (non-hydrogen) atoms. The molecular weight excluding hydrogens is 222 g/mol. The molecule has 0 fully saturated rings. The minimum atomic E-state index is 0.569. The Balaban J connectivity index is 2.14. The summed E-state index contributed by atoms with van der Waals surface area (Å²) >= 11 is 0. The maximum atomic E-state index is 5.46. The Morgan fingerprint density at radius 2 is 1.61 bits per heavy atom. The lowest BCUT2D eigenvalue weighted by atomic mass is 10.0. The third kappa shape index (κ3) is 6.65. The van der Waals surface area contributed by atoms with E-state index in [-0.39, 0.29) is 0 Å². The monoisotopic (exact) mass is 249 g/mol. The van der Waals surface area contributed by atoms with Crippen molar-refractivity contribution in [2.24, 2.45) is 5.73 Å². The minimum Gasteiger partial charge on any atom is -0.492 e. The summed E-state index contributed by atoms with van der Waals surface area (Å²) in [5.41, 5.74) is 6.80. The summed E-state index contributed by atoms with van der Waals surface area (Å²) in [4.78, 5) is 0. The molecule has 0 radical (unpaired) electrons. The highest BCUT2D eigenvalue weighted by molar-refractivity contribution is 5.27. The molecule has 1 aromatic rings. The number of hydrogen-bond donors (Lipinski definition) is 1. The van der Waals surface area contributed by atoms with Gasteiger partial charge in [-0.3, -0.25) is 0 Å². The van der Waals surface area contributed by atoms with E-state index < -0.39 is 0 Å². The van der Waals surface area contributed by atoms with Gasteiger partial charge in [-0.2, -0.15) is 0 Å². The largest absolute Gasteiger partial charge is 0.492 e. The zero-order valence-electron chi connectivity index (χ0n) is 11.7. The summed E-state index contributed by atoms with van der Waals surface area (Å²) in [6.07, 6.45) is 9.31. The molecule has 0 aliphatic heterocycles. The van der Waals surface area contributed by atoms with Crippen LogP contribution in [0, 0.1) is 0 Å². The fourth-order valence-corrected chi connectivity index (χ4v) is 2.04. The Hall–Kier alpha value is -1.02. The number of unbranched alkanes of at least 4 members (excludes halogenated alkanes) is 5. The lowest BCUT2D eigenvalue weighted by Gasteiger charge is -2.06. The van der Waals surface area contributed by atoms with Crippen LogP contribution in [0.25, 0.3) is 0 Å². The second-order valence-corrected chi connectivity index (χ2v) is 4.80. The van der Waals surface area contributed by atoms with Crippen LogP contribution in [0.3, 0.4) is 0 Å². The molecule has 0 spiro atoms. The first-order chi connectivity index (χ1) is 8.86. The second-order valence-electron chi connectivity index (χ2n) is 4.80. The van der Waals surface area contributed by atoms with Crippen LogP contribution in [0.4, 0.5) is 0 Å². The lowest BCUT2D eigenvalue weighted by Crippen LogP contribution is -2.10. The highest BCUT2D eigenvalue weighted by Gasteiger charge is 1.96. The van der Waals surface area contributed by atoms with Crippen LogP contribution < -0.4 is 10.5 Å². The van der Waals surface area contributed by atoms with E-state index in [1.165, 1.54) is 50.5 Å². The Bertz CT molecular complexity index is 294. The first kappa shape index (κ1) is 15.0. The van der Waals surface area contributed by atoms with Crippen LogP contribution in [0.15, 0.2) is 24.3 Å². The van der Waals surface area contributed by atoms with Gasteiger partial charge in [-0.25, -0.2) is 0 Å². The van der Waals surface area contributed by atoms with Gasteiger partial charge in [0.05, 0.1) is 0 Å². The van der Waals surface area contributed by atoms with Crippen molar-refractivity contribution in [3.05, 3.63) is 29.8 Å². The predicted octanol–water partition coefficient (Wildman–Crippen LogP) is 3.93. The van der Waals surface area contributed by atoms with Crippen LogP contribution in [0.5, 0.6) is 5.75 Å². The zero-order chi connectivity index (χ0) is 13.1. The van der Waals surface area contributed by atoms with E-state index in [0.29, 0.717) is 13.2 Å². The summed E-state index contributed by atoms with van der Waals surface area (Å²) in [5.74, 6) is 0.923. The van der Waals surface area contributed by atoms with Gasteiger partial charge in [0.1, 0.15) is 12.4 Å². The van der Waals surface area contributed by atoms with Gasteiger partial charge in [0.15, 0.2) is 0 Å². The van der Waals surface area contributed by atoms with Crippen molar-refractivity contribution in [3.63, 3.8) is 0 Å². The Labute approximate surface area is 112 Å². The fraction of sp³-hybridized carbons (Fsp3) is 0.625. The van der Waals surface area contributed by atoms with Gasteiger partial charge in [0.2, 0.25) is 0 Å². The Morgan fingerprint density at radius 1 is 0.944 bits per heavy atom. The molecule has 0 saturated heterocycles. The van der Waals surface area contributed by atoms with Gasteiger partial charge in [-0.1, -0.05) is 51.2 Å². The predicted molar refractivity (Wildman–Crippen MR) is 78.1 cm³/mol. The molecule has 0 aliphatic carbocycles. The molecule has 0 aromatic heterocycles. The van der Waals surface area contributed by atoms with E-state index >= 15 is 0 Å². The maximum absolute atomic E-state index is 5.46. The highest BCUT2D eigenvalue weighted by atomic mass is 16.5. The molecule has 0 amide bonds. The van der Waals surface area contributed by atoms with Crippen molar-refractivity contribution in [1.29, 1.82) is 0 Å². The molecular formula is C16H27NO. The second kappa shape index (κ2) is 9.95. The molecule has 2 heteroatoms. The Kier molecular flexibility index (Phi) is 8.32. The number of benzene rings is 1. The van der Waals surface area contributed by atoms with Crippen LogP contribution >= 0.6 is 0 Å². The third-order valence-corrected chi connectivity index (χ3v) is 3.13. The summed E-state index contributed by atoms with van der Waals surface area (Å²) in [6.45, 7) is 3.42. The number of rotatable bonds is 10. The lowest BCUT2D eigenvalue weighted by molar-refractivity contribution is 0.328. The summed E-state index contributed by atoms with van der Waals surface area (Å²) in [5, 5.41) is 0. The number of nitrogens with two attached hydrogens (primary N) is 1. The van der Waals surface area contributed by atoms with Crippen molar-refractivity contribution in [2.45, 2.75) is 51.9 Å². The average molecular weight is 249 g/mol. The SMILES string of the molecule is CCCCCCCCc1ccc(OCCN)cc1. The quantitative estimate of drug-likeness (QED) is 0.638. The Morgan fingerprint density at radius 3 is 2.28 bits per heavy atom. The van der Waals surface area contributed by atoms with Gasteiger partial charge in [0.25, 0.3) is 0 Å². The number of hydrogen-bond acceptors (Lipinski definition) is 2. The van der Waals surface area contributed by atoms with Crippen molar-refractivity contribution >= 4 is 0 Å². The van der Waals surface area contributed by atoms with Crippen molar-refractivity contribution in [3.8, 4) is 5.75 Å². The topological polar surface area (TPSA) is 35.2 Å². The first-order valence-electron chi connectivity index (χ1n) is 7.28. The molecule has 0 aliphatic rings. The van der Waals surface area contributed by atoms with Crippen molar-refractivity contribution in [2.75, 3.05) is 13.2 Å². The van der Waals surface area contributed by atoms with Gasteiger partial charge in [-0.15, -0.1) is 0 Å². The molecule has 0 saturated carbocycles. The molecule has 2 N–H and O–H groups in total. The number of ether oxygens (including phenoxy) is 1. The molecule has 102 valence electrons. The summed E-state index contributed by atoms with van der Waals surface area (Å²) in [7, 11) is 0. The summed E-state index contributed by atoms with van der Waals surface area (Å²) < 4.78 is 5.46. The van der Waals surface area contributed by atoms with E-state index in [2.05, 4.69) is 19.1 Å². The van der Waals surface area contributed by atoms with Crippen LogP contribution in [0.2, 0.25) is 0 Å². The van der Waals surface area contributed by atoms with Gasteiger partial charge < -0.3 is 10.5 Å². The standard InChI is InChI=1S/C16H27NO/c1-2-3-4-5-6-7-8-15-9-11-16(12-10-15)18-14-13-17/h9-12H,2-8,13-14,17H2,1H3. The molecule has 0 heterocycles. The minimum absolute atomic E-state index is 0.569. The molecule has 0 unspecified atom stereocenters. The van der Waals surface area contributed by atoms with E-state index in [1.807, 2.05) is 12.1 Å². The van der Waals surface area contributed by atoms with E-state index in [9.17, 15) is 0 Å². The van der Waals surface area contributed by atoms with Gasteiger partial charge >= 0.3 is 0 Å². The van der Waals surface area contributed by atoms with Crippen molar-refractivity contribution < 1.29 is 4.74 Å². The molecule has 2 nitrogen and oxygen atoms in total. The smallest absolute Gasteiger partial charge is 0.119 e. The van der Waals surface area contributed by atoms with E-state index in [1.54, 1.807) is 0 Å². The van der Waals surface area contributed by atoms with Gasteiger partial charge in [-0.05, 0) is 30.5 Å².